The van der Waals surface area contributed by atoms with E-state index in [9.17, 15) is 4.79 Å². The Balaban J connectivity index is 1.69. The molecule has 1 aliphatic carbocycles. The summed E-state index contributed by atoms with van der Waals surface area (Å²) in [5.74, 6) is 3.08. The number of benzene rings is 1. The minimum absolute atomic E-state index is 0.154. The molecule has 2 aliphatic rings. The lowest BCUT2D eigenvalue weighted by Gasteiger charge is -2.21. The number of carbonyl (C=O) groups is 1. The topological polar surface area (TPSA) is 46.9 Å². The van der Waals surface area contributed by atoms with Gasteiger partial charge in [-0.15, -0.1) is 0 Å². The molecule has 0 spiro atoms. The standard InChI is InChI=1S/C20H25N3OS/c1-13-8-14(2)10-16(9-13)23-19(17-11-25-12-18(17)22-23)21-20(24)15-6-4-3-5-7-15/h8-10,15H,3-7,11-12H2,1-2H3,(H,21,24). The van der Waals surface area contributed by atoms with E-state index in [1.807, 2.05) is 16.4 Å². The Morgan fingerprint density at radius 2 is 1.84 bits per heavy atom. The first-order valence-corrected chi connectivity index (χ1v) is 10.4. The van der Waals surface area contributed by atoms with Crippen LogP contribution in [0.1, 0.15) is 54.5 Å². The molecule has 25 heavy (non-hydrogen) atoms. The lowest BCUT2D eigenvalue weighted by Crippen LogP contribution is -2.26. The number of hydrogen-bond acceptors (Lipinski definition) is 3. The Hall–Kier alpha value is -1.75. The van der Waals surface area contributed by atoms with Crippen LogP contribution in [-0.4, -0.2) is 15.7 Å². The highest BCUT2D eigenvalue weighted by Crippen LogP contribution is 2.37. The van der Waals surface area contributed by atoms with Gasteiger partial charge in [0, 0.05) is 23.0 Å². The Morgan fingerprint density at radius 1 is 1.12 bits per heavy atom. The first-order valence-electron chi connectivity index (χ1n) is 9.20. The molecule has 1 N–H and O–H groups in total. The van der Waals surface area contributed by atoms with Crippen LogP contribution in [0.15, 0.2) is 18.2 Å². The van der Waals surface area contributed by atoms with E-state index in [1.165, 1.54) is 36.0 Å². The minimum Gasteiger partial charge on any atom is -0.310 e. The maximum absolute atomic E-state index is 12.8. The molecule has 0 bridgehead atoms. The monoisotopic (exact) mass is 355 g/mol. The van der Waals surface area contributed by atoms with E-state index in [2.05, 4.69) is 37.4 Å². The summed E-state index contributed by atoms with van der Waals surface area (Å²) in [7, 11) is 0. The van der Waals surface area contributed by atoms with Crippen molar-refractivity contribution in [3.8, 4) is 5.69 Å². The van der Waals surface area contributed by atoms with Crippen molar-refractivity contribution < 1.29 is 4.79 Å². The molecule has 1 aliphatic heterocycles. The number of nitrogens with one attached hydrogen (secondary N) is 1. The first kappa shape index (κ1) is 16.7. The van der Waals surface area contributed by atoms with Crippen LogP contribution in [0.4, 0.5) is 5.82 Å². The van der Waals surface area contributed by atoms with Crippen LogP contribution < -0.4 is 5.32 Å². The number of aromatic nitrogens is 2. The van der Waals surface area contributed by atoms with E-state index in [4.69, 9.17) is 5.10 Å². The van der Waals surface area contributed by atoms with Gasteiger partial charge >= 0.3 is 0 Å². The van der Waals surface area contributed by atoms with Crippen LogP contribution in [0, 0.1) is 19.8 Å². The highest BCUT2D eigenvalue weighted by atomic mass is 32.2. The van der Waals surface area contributed by atoms with Gasteiger partial charge in [-0.25, -0.2) is 4.68 Å². The average molecular weight is 356 g/mol. The maximum Gasteiger partial charge on any atom is 0.228 e. The van der Waals surface area contributed by atoms with E-state index in [0.29, 0.717) is 0 Å². The summed E-state index contributed by atoms with van der Waals surface area (Å²) in [5, 5.41) is 8.07. The van der Waals surface area contributed by atoms with E-state index in [1.54, 1.807) is 0 Å². The SMILES string of the molecule is Cc1cc(C)cc(-n2nc3c(c2NC(=O)C2CCCCC2)CSC3)c1. The van der Waals surface area contributed by atoms with Crippen molar-refractivity contribution in [1.82, 2.24) is 9.78 Å². The number of thioether (sulfide) groups is 1. The van der Waals surface area contributed by atoms with Crippen molar-refractivity contribution in [2.45, 2.75) is 57.5 Å². The second-order valence-corrected chi connectivity index (χ2v) is 8.33. The Labute approximate surface area is 153 Å². The van der Waals surface area contributed by atoms with Crippen molar-refractivity contribution in [1.29, 1.82) is 0 Å². The van der Waals surface area contributed by atoms with E-state index < -0.39 is 0 Å². The summed E-state index contributed by atoms with van der Waals surface area (Å²) in [6, 6.07) is 6.44. The normalized spacial score (nSPS) is 17.5. The zero-order chi connectivity index (χ0) is 17.4. The predicted octanol–water partition coefficient (Wildman–Crippen LogP) is 4.75. The Morgan fingerprint density at radius 3 is 2.56 bits per heavy atom. The van der Waals surface area contributed by atoms with Gasteiger partial charge in [-0.2, -0.15) is 16.9 Å². The van der Waals surface area contributed by atoms with E-state index in [-0.39, 0.29) is 11.8 Å². The molecular weight excluding hydrogens is 330 g/mol. The molecule has 0 unspecified atom stereocenters. The molecule has 2 aromatic rings. The number of carbonyl (C=O) groups excluding carboxylic acids is 1. The smallest absolute Gasteiger partial charge is 0.228 e. The lowest BCUT2D eigenvalue weighted by molar-refractivity contribution is -0.120. The largest absolute Gasteiger partial charge is 0.310 e. The van der Waals surface area contributed by atoms with Crippen molar-refractivity contribution in [3.05, 3.63) is 40.6 Å². The molecule has 1 saturated carbocycles. The van der Waals surface area contributed by atoms with Gasteiger partial charge in [0.05, 0.1) is 11.4 Å². The van der Waals surface area contributed by atoms with Gasteiger partial charge in [0.15, 0.2) is 0 Å². The molecule has 1 aromatic heterocycles. The molecule has 4 nitrogen and oxygen atoms in total. The minimum atomic E-state index is 0.154. The summed E-state index contributed by atoms with van der Waals surface area (Å²) < 4.78 is 1.95. The number of amides is 1. The van der Waals surface area contributed by atoms with Crippen molar-refractivity contribution >= 4 is 23.5 Å². The molecule has 2 heterocycles. The molecule has 0 radical (unpaired) electrons. The fourth-order valence-corrected chi connectivity index (χ4v) is 5.02. The summed E-state index contributed by atoms with van der Waals surface area (Å²) in [6.45, 7) is 4.20. The van der Waals surface area contributed by atoms with Gasteiger partial charge in [0.25, 0.3) is 0 Å². The number of aryl methyl sites for hydroxylation is 2. The molecule has 0 atom stereocenters. The van der Waals surface area contributed by atoms with Crippen molar-refractivity contribution in [2.24, 2.45) is 5.92 Å². The van der Waals surface area contributed by atoms with Crippen LogP contribution in [0.2, 0.25) is 0 Å². The zero-order valence-electron chi connectivity index (χ0n) is 15.0. The number of nitrogens with zero attached hydrogens (tertiary/aromatic N) is 2. The van der Waals surface area contributed by atoms with Crippen LogP contribution in [0.3, 0.4) is 0 Å². The van der Waals surface area contributed by atoms with Gasteiger partial charge in [-0.3, -0.25) is 4.79 Å². The van der Waals surface area contributed by atoms with Gasteiger partial charge in [-0.05, 0) is 49.9 Å². The highest BCUT2D eigenvalue weighted by Gasteiger charge is 2.27. The number of rotatable bonds is 3. The summed E-state index contributed by atoms with van der Waals surface area (Å²) in [5.41, 5.74) is 5.78. The van der Waals surface area contributed by atoms with Gasteiger partial charge in [0.1, 0.15) is 5.82 Å². The van der Waals surface area contributed by atoms with Gasteiger partial charge < -0.3 is 5.32 Å². The van der Waals surface area contributed by atoms with E-state index >= 15 is 0 Å². The summed E-state index contributed by atoms with van der Waals surface area (Å²) >= 11 is 1.87. The molecule has 4 rings (SSSR count). The Bertz CT molecular complexity index is 785. The molecule has 1 amide bonds. The maximum atomic E-state index is 12.8. The quantitative estimate of drug-likeness (QED) is 0.864. The summed E-state index contributed by atoms with van der Waals surface area (Å²) in [6.07, 6.45) is 5.63. The average Bonchev–Trinajstić information content (AvgIpc) is 3.17. The third kappa shape index (κ3) is 3.34. The van der Waals surface area contributed by atoms with E-state index in [0.717, 1.165) is 41.5 Å². The molecule has 132 valence electrons. The summed E-state index contributed by atoms with van der Waals surface area (Å²) in [4.78, 5) is 12.8. The van der Waals surface area contributed by atoms with Crippen LogP contribution in [0.25, 0.3) is 5.69 Å². The molecule has 1 fully saturated rings. The lowest BCUT2D eigenvalue weighted by atomic mass is 9.88. The first-order chi connectivity index (χ1) is 12.1. The molecular formula is C20H25N3OS. The Kier molecular flexibility index (Phi) is 4.59. The predicted molar refractivity (Wildman–Crippen MR) is 103 cm³/mol. The van der Waals surface area contributed by atoms with Crippen LogP contribution in [-0.2, 0) is 16.3 Å². The number of anilines is 1. The number of fused-ring (bicyclic) bond motifs is 1. The number of hydrogen-bond donors (Lipinski definition) is 1. The fraction of sp³-hybridized carbons (Fsp3) is 0.500. The zero-order valence-corrected chi connectivity index (χ0v) is 15.8. The molecule has 1 aromatic carbocycles. The van der Waals surface area contributed by atoms with Gasteiger partial charge in [-0.1, -0.05) is 25.3 Å². The molecule has 0 saturated heterocycles. The van der Waals surface area contributed by atoms with Crippen molar-refractivity contribution in [2.75, 3.05) is 5.32 Å². The molecule has 5 heteroatoms. The van der Waals surface area contributed by atoms with Crippen LogP contribution in [0.5, 0.6) is 0 Å². The highest BCUT2D eigenvalue weighted by molar-refractivity contribution is 7.98. The second kappa shape index (κ2) is 6.87. The van der Waals surface area contributed by atoms with Crippen molar-refractivity contribution in [3.63, 3.8) is 0 Å². The van der Waals surface area contributed by atoms with Crippen LogP contribution >= 0.6 is 11.8 Å². The third-order valence-corrected chi connectivity index (χ3v) is 6.19. The van der Waals surface area contributed by atoms with Gasteiger partial charge in [0.2, 0.25) is 5.91 Å². The second-order valence-electron chi connectivity index (χ2n) is 7.35. The fourth-order valence-electron chi connectivity index (χ4n) is 3.98. The third-order valence-electron chi connectivity index (χ3n) is 5.22.